The Morgan fingerprint density at radius 2 is 2.36 bits per heavy atom. The van der Waals surface area contributed by atoms with E-state index in [1.54, 1.807) is 12.0 Å². The van der Waals surface area contributed by atoms with E-state index in [9.17, 15) is 4.79 Å². The molecule has 0 aromatic heterocycles. The molecular weight excluding hydrogens is 180 g/mol. The number of carbonyl (C=O) groups is 1. The van der Waals surface area contributed by atoms with E-state index in [2.05, 4.69) is 6.92 Å². The molecule has 2 atom stereocenters. The highest BCUT2D eigenvalue weighted by Gasteiger charge is 2.31. The van der Waals surface area contributed by atoms with E-state index in [1.165, 1.54) is 0 Å². The molecule has 1 fully saturated rings. The zero-order chi connectivity index (χ0) is 10.6. The first-order chi connectivity index (χ1) is 6.69. The number of ether oxygens (including phenoxy) is 1. The van der Waals surface area contributed by atoms with E-state index in [4.69, 9.17) is 10.00 Å². The van der Waals surface area contributed by atoms with Gasteiger partial charge in [-0.15, -0.1) is 0 Å². The van der Waals surface area contributed by atoms with Crippen molar-refractivity contribution in [1.29, 1.82) is 5.26 Å². The monoisotopic (exact) mass is 196 g/mol. The minimum absolute atomic E-state index is 0.00752. The highest BCUT2D eigenvalue weighted by molar-refractivity contribution is 5.78. The highest BCUT2D eigenvalue weighted by Crippen LogP contribution is 2.23. The maximum absolute atomic E-state index is 11.4. The number of hydrogen-bond acceptors (Lipinski definition) is 3. The van der Waals surface area contributed by atoms with E-state index >= 15 is 0 Å². The highest BCUT2D eigenvalue weighted by atomic mass is 16.5. The zero-order valence-corrected chi connectivity index (χ0v) is 8.69. The van der Waals surface area contributed by atoms with Crippen LogP contribution in [0.1, 0.15) is 13.3 Å². The molecular formula is C10H16N2O2. The SMILES string of the molecule is COC[C@@H]1CN(C(=O)CC#N)C[C@H]1C. The number of carbonyl (C=O) groups excluding carboxylic acids is 1. The average Bonchev–Trinajstić information content (AvgIpc) is 2.49. The van der Waals surface area contributed by atoms with E-state index in [0.717, 1.165) is 13.1 Å². The second-order valence-electron chi connectivity index (χ2n) is 3.83. The van der Waals surface area contributed by atoms with Crippen LogP contribution in [0.5, 0.6) is 0 Å². The number of likely N-dealkylation sites (tertiary alicyclic amines) is 1. The van der Waals surface area contributed by atoms with E-state index in [1.807, 2.05) is 6.07 Å². The van der Waals surface area contributed by atoms with Crippen LogP contribution in [-0.4, -0.2) is 37.6 Å². The van der Waals surface area contributed by atoms with Crippen LogP contribution in [0.25, 0.3) is 0 Å². The van der Waals surface area contributed by atoms with Gasteiger partial charge in [-0.25, -0.2) is 0 Å². The van der Waals surface area contributed by atoms with Gasteiger partial charge in [0, 0.05) is 26.1 Å². The van der Waals surface area contributed by atoms with Crippen LogP contribution in [-0.2, 0) is 9.53 Å². The predicted molar refractivity (Wildman–Crippen MR) is 51.3 cm³/mol. The number of hydrogen-bond donors (Lipinski definition) is 0. The summed E-state index contributed by atoms with van der Waals surface area (Å²) in [5, 5.41) is 8.41. The predicted octanol–water partition coefficient (Wildman–Crippen LogP) is 0.641. The lowest BCUT2D eigenvalue weighted by molar-refractivity contribution is -0.129. The van der Waals surface area contributed by atoms with Gasteiger partial charge in [-0.05, 0) is 5.92 Å². The normalized spacial score (nSPS) is 26.2. The van der Waals surface area contributed by atoms with Crippen molar-refractivity contribution >= 4 is 5.91 Å². The van der Waals surface area contributed by atoms with Crippen molar-refractivity contribution in [3.63, 3.8) is 0 Å². The minimum atomic E-state index is -0.0575. The molecule has 1 amide bonds. The van der Waals surface area contributed by atoms with Crippen LogP contribution in [0.4, 0.5) is 0 Å². The Bertz CT molecular complexity index is 247. The van der Waals surface area contributed by atoms with Crippen molar-refractivity contribution in [3.8, 4) is 6.07 Å². The van der Waals surface area contributed by atoms with Gasteiger partial charge in [0.05, 0.1) is 12.7 Å². The van der Waals surface area contributed by atoms with Crippen LogP contribution in [0.3, 0.4) is 0 Å². The Morgan fingerprint density at radius 3 is 2.93 bits per heavy atom. The molecule has 0 radical (unpaired) electrons. The molecule has 14 heavy (non-hydrogen) atoms. The standard InChI is InChI=1S/C10H16N2O2/c1-8-5-12(10(13)3-4-11)6-9(8)7-14-2/h8-9H,3,5-7H2,1-2H3/t8-,9+/m1/s1. The molecule has 4 heteroatoms. The average molecular weight is 196 g/mol. The van der Waals surface area contributed by atoms with Gasteiger partial charge in [-0.2, -0.15) is 5.26 Å². The molecule has 1 aliphatic heterocycles. The number of nitriles is 1. The van der Waals surface area contributed by atoms with E-state index < -0.39 is 0 Å². The van der Waals surface area contributed by atoms with Crippen LogP contribution in [0.15, 0.2) is 0 Å². The molecule has 0 aromatic carbocycles. The molecule has 78 valence electrons. The largest absolute Gasteiger partial charge is 0.384 e. The van der Waals surface area contributed by atoms with Gasteiger partial charge in [-0.1, -0.05) is 6.92 Å². The van der Waals surface area contributed by atoms with Gasteiger partial charge < -0.3 is 9.64 Å². The molecule has 0 aromatic rings. The summed E-state index contributed by atoms with van der Waals surface area (Å²) in [5.74, 6) is 0.832. The third-order valence-electron chi connectivity index (χ3n) is 2.73. The molecule has 0 spiro atoms. The fraction of sp³-hybridized carbons (Fsp3) is 0.800. The summed E-state index contributed by atoms with van der Waals surface area (Å²) in [4.78, 5) is 13.2. The third kappa shape index (κ3) is 2.46. The van der Waals surface area contributed by atoms with Gasteiger partial charge in [-0.3, -0.25) is 4.79 Å². The Morgan fingerprint density at radius 1 is 1.64 bits per heavy atom. The number of amides is 1. The first-order valence-electron chi connectivity index (χ1n) is 4.82. The Balaban J connectivity index is 2.46. The molecule has 1 aliphatic rings. The second kappa shape index (κ2) is 4.97. The lowest BCUT2D eigenvalue weighted by Gasteiger charge is -2.14. The van der Waals surface area contributed by atoms with Gasteiger partial charge in [0.25, 0.3) is 0 Å². The number of rotatable bonds is 3. The Kier molecular flexibility index (Phi) is 3.90. The molecule has 0 aliphatic carbocycles. The topological polar surface area (TPSA) is 53.3 Å². The van der Waals surface area contributed by atoms with Crippen molar-refractivity contribution in [3.05, 3.63) is 0 Å². The van der Waals surface area contributed by atoms with Crippen molar-refractivity contribution in [2.24, 2.45) is 11.8 Å². The number of nitrogens with zero attached hydrogens (tertiary/aromatic N) is 2. The van der Waals surface area contributed by atoms with E-state index in [0.29, 0.717) is 18.4 Å². The zero-order valence-electron chi connectivity index (χ0n) is 8.69. The fourth-order valence-corrected chi connectivity index (χ4v) is 1.85. The van der Waals surface area contributed by atoms with Crippen LogP contribution in [0.2, 0.25) is 0 Å². The van der Waals surface area contributed by atoms with Gasteiger partial charge in [0.15, 0.2) is 0 Å². The summed E-state index contributed by atoms with van der Waals surface area (Å²) in [6, 6.07) is 1.88. The molecule has 0 unspecified atom stereocenters. The first kappa shape index (κ1) is 11.0. The summed E-state index contributed by atoms with van der Waals surface area (Å²) >= 11 is 0. The lowest BCUT2D eigenvalue weighted by atomic mass is 10.00. The van der Waals surface area contributed by atoms with Gasteiger partial charge >= 0.3 is 0 Å². The summed E-state index contributed by atoms with van der Waals surface area (Å²) in [6.07, 6.45) is -0.00752. The van der Waals surface area contributed by atoms with Crippen LogP contribution < -0.4 is 0 Å². The number of methoxy groups -OCH3 is 1. The molecule has 1 rings (SSSR count). The van der Waals surface area contributed by atoms with Crippen LogP contribution in [0, 0.1) is 23.2 Å². The molecule has 1 saturated heterocycles. The first-order valence-corrected chi connectivity index (χ1v) is 4.82. The maximum atomic E-state index is 11.4. The summed E-state index contributed by atoms with van der Waals surface area (Å²) in [7, 11) is 1.67. The lowest BCUT2D eigenvalue weighted by Crippen LogP contribution is -2.28. The molecule has 4 nitrogen and oxygen atoms in total. The molecule has 0 bridgehead atoms. The van der Waals surface area contributed by atoms with Crippen molar-refractivity contribution in [1.82, 2.24) is 4.90 Å². The maximum Gasteiger partial charge on any atom is 0.236 e. The molecule has 0 N–H and O–H groups in total. The Hall–Kier alpha value is -1.08. The Labute approximate surface area is 84.4 Å². The third-order valence-corrected chi connectivity index (χ3v) is 2.73. The minimum Gasteiger partial charge on any atom is -0.384 e. The quantitative estimate of drug-likeness (QED) is 0.665. The van der Waals surface area contributed by atoms with E-state index in [-0.39, 0.29) is 12.3 Å². The van der Waals surface area contributed by atoms with Gasteiger partial charge in [0.1, 0.15) is 6.42 Å². The van der Waals surface area contributed by atoms with Crippen molar-refractivity contribution in [2.45, 2.75) is 13.3 Å². The summed E-state index contributed by atoms with van der Waals surface area (Å²) in [5.41, 5.74) is 0. The van der Waals surface area contributed by atoms with Crippen LogP contribution >= 0.6 is 0 Å². The molecule has 1 heterocycles. The summed E-state index contributed by atoms with van der Waals surface area (Å²) < 4.78 is 5.08. The van der Waals surface area contributed by atoms with Crippen molar-refractivity contribution < 1.29 is 9.53 Å². The fourth-order valence-electron chi connectivity index (χ4n) is 1.85. The molecule has 0 saturated carbocycles. The van der Waals surface area contributed by atoms with Crippen molar-refractivity contribution in [2.75, 3.05) is 26.8 Å². The summed E-state index contributed by atoms with van der Waals surface area (Å²) in [6.45, 7) is 4.30. The van der Waals surface area contributed by atoms with Gasteiger partial charge in [0.2, 0.25) is 5.91 Å². The second-order valence-corrected chi connectivity index (χ2v) is 3.83. The smallest absolute Gasteiger partial charge is 0.236 e.